The van der Waals surface area contributed by atoms with Gasteiger partial charge < -0.3 is 4.74 Å². The van der Waals surface area contributed by atoms with Crippen LogP contribution in [0.5, 0.6) is 5.75 Å². The van der Waals surface area contributed by atoms with Gasteiger partial charge in [-0.2, -0.15) is 0 Å². The van der Waals surface area contributed by atoms with E-state index < -0.39 is 0 Å². The van der Waals surface area contributed by atoms with Crippen LogP contribution in [0.3, 0.4) is 0 Å². The van der Waals surface area contributed by atoms with Gasteiger partial charge >= 0.3 is 0 Å². The Morgan fingerprint density at radius 2 is 2.08 bits per heavy atom. The van der Waals surface area contributed by atoms with Crippen LogP contribution in [0.1, 0.15) is 17.9 Å². The molecule has 0 heterocycles. The van der Waals surface area contributed by atoms with Gasteiger partial charge in [0.2, 0.25) is 0 Å². The fraction of sp³-hybridized carbons (Fsp3) is 0.333. The maximum absolute atomic E-state index is 5.92. The smallest absolute Gasteiger partial charge is 0.123 e. The van der Waals surface area contributed by atoms with E-state index in [1.807, 2.05) is 19.1 Å². The summed E-state index contributed by atoms with van der Waals surface area (Å²) in [4.78, 5) is 0. The molecule has 0 bridgehead atoms. The summed E-state index contributed by atoms with van der Waals surface area (Å²) in [6.07, 6.45) is 0. The summed E-state index contributed by atoms with van der Waals surface area (Å²) in [5, 5.41) is 0.594. The van der Waals surface area contributed by atoms with Crippen LogP contribution in [0.15, 0.2) is 18.2 Å². The van der Waals surface area contributed by atoms with Crippen molar-refractivity contribution in [2.75, 3.05) is 7.11 Å². The highest BCUT2D eigenvalue weighted by molar-refractivity contribution is 6.30. The van der Waals surface area contributed by atoms with Gasteiger partial charge in [-0.05, 0) is 25.1 Å². The summed E-state index contributed by atoms with van der Waals surface area (Å²) in [5.41, 5.74) is 0.923. The number of benzene rings is 1. The second kappa shape index (κ2) is 4.01. The highest BCUT2D eigenvalue weighted by Gasteiger charge is 2.08. The Labute approximate surface area is 82.2 Å². The van der Waals surface area contributed by atoms with E-state index in [1.54, 1.807) is 13.2 Å². The Morgan fingerprint density at radius 3 is 2.58 bits per heavy atom. The molecule has 3 heteroatoms. The molecule has 0 saturated carbocycles. The normalized spacial score (nSPS) is 12.7. The number of ether oxygens (including phenoxy) is 1. The summed E-state index contributed by atoms with van der Waals surface area (Å²) >= 11 is 11.7. The first-order valence-corrected chi connectivity index (χ1v) is 4.44. The zero-order chi connectivity index (χ0) is 9.14. The van der Waals surface area contributed by atoms with Crippen LogP contribution in [0, 0.1) is 0 Å². The Kier molecular flexibility index (Phi) is 3.24. The van der Waals surface area contributed by atoms with E-state index >= 15 is 0 Å². The van der Waals surface area contributed by atoms with Crippen molar-refractivity contribution >= 4 is 23.2 Å². The average Bonchev–Trinajstić information content (AvgIpc) is 2.04. The van der Waals surface area contributed by atoms with Gasteiger partial charge in [0.25, 0.3) is 0 Å². The molecule has 0 aliphatic heterocycles. The monoisotopic (exact) mass is 204 g/mol. The highest BCUT2D eigenvalue weighted by atomic mass is 35.5. The fourth-order valence-electron chi connectivity index (χ4n) is 1.02. The predicted octanol–water partition coefficient (Wildman–Crippen LogP) is 3.65. The van der Waals surface area contributed by atoms with Gasteiger partial charge in [-0.25, -0.2) is 0 Å². The third-order valence-electron chi connectivity index (χ3n) is 1.62. The Bertz CT molecular complexity index is 271. The third kappa shape index (κ3) is 2.05. The minimum absolute atomic E-state index is 0.0846. The molecule has 1 aromatic carbocycles. The Hall–Kier alpha value is -0.400. The van der Waals surface area contributed by atoms with Crippen molar-refractivity contribution in [3.8, 4) is 5.75 Å². The van der Waals surface area contributed by atoms with Crippen molar-refractivity contribution in [2.24, 2.45) is 0 Å². The molecule has 1 aromatic rings. The molecule has 0 radical (unpaired) electrons. The van der Waals surface area contributed by atoms with Crippen molar-refractivity contribution in [3.63, 3.8) is 0 Å². The van der Waals surface area contributed by atoms with E-state index in [2.05, 4.69) is 0 Å². The van der Waals surface area contributed by atoms with E-state index in [1.165, 1.54) is 0 Å². The summed E-state index contributed by atoms with van der Waals surface area (Å²) in [6.45, 7) is 1.88. The van der Waals surface area contributed by atoms with Crippen molar-refractivity contribution in [3.05, 3.63) is 28.8 Å². The average molecular weight is 205 g/mol. The van der Waals surface area contributed by atoms with Crippen LogP contribution in [0.2, 0.25) is 5.02 Å². The van der Waals surface area contributed by atoms with E-state index in [-0.39, 0.29) is 5.38 Å². The van der Waals surface area contributed by atoms with E-state index in [4.69, 9.17) is 27.9 Å². The van der Waals surface area contributed by atoms with Crippen molar-refractivity contribution in [1.82, 2.24) is 0 Å². The molecule has 1 unspecified atom stereocenters. The molecule has 1 atom stereocenters. The summed E-state index contributed by atoms with van der Waals surface area (Å²) in [6, 6.07) is 5.41. The molecule has 0 N–H and O–H groups in total. The van der Waals surface area contributed by atoms with Gasteiger partial charge in [0.1, 0.15) is 5.75 Å². The molecule has 1 rings (SSSR count). The van der Waals surface area contributed by atoms with Crippen molar-refractivity contribution in [1.29, 1.82) is 0 Å². The van der Waals surface area contributed by atoms with Crippen LogP contribution in [-0.4, -0.2) is 7.11 Å². The molecule has 1 nitrogen and oxygen atoms in total. The molecule has 0 aromatic heterocycles. The second-order valence-corrected chi connectivity index (χ2v) is 3.59. The number of rotatable bonds is 2. The SMILES string of the molecule is COc1ccc(Cl)cc1C(C)Cl. The molecule has 66 valence electrons. The van der Waals surface area contributed by atoms with Gasteiger partial charge in [0.15, 0.2) is 0 Å². The Morgan fingerprint density at radius 1 is 1.42 bits per heavy atom. The van der Waals surface area contributed by atoms with Crippen LogP contribution >= 0.6 is 23.2 Å². The molecule has 12 heavy (non-hydrogen) atoms. The molecular formula is C9H10Cl2O. The molecule has 0 aliphatic carbocycles. The van der Waals surface area contributed by atoms with Crippen molar-refractivity contribution in [2.45, 2.75) is 12.3 Å². The molecule has 0 aliphatic rings. The maximum atomic E-state index is 5.92. The molecular weight excluding hydrogens is 195 g/mol. The first kappa shape index (κ1) is 9.69. The summed E-state index contributed by atoms with van der Waals surface area (Å²) < 4.78 is 5.12. The number of methoxy groups -OCH3 is 1. The standard InChI is InChI=1S/C9H10Cl2O/c1-6(10)8-5-7(11)3-4-9(8)12-2/h3-6H,1-2H3. The van der Waals surface area contributed by atoms with Crippen LogP contribution in [0.25, 0.3) is 0 Å². The predicted molar refractivity (Wildman–Crippen MR) is 52.3 cm³/mol. The van der Waals surface area contributed by atoms with Gasteiger partial charge in [-0.15, -0.1) is 11.6 Å². The van der Waals surface area contributed by atoms with Gasteiger partial charge in [0, 0.05) is 10.6 Å². The van der Waals surface area contributed by atoms with Crippen molar-refractivity contribution < 1.29 is 4.74 Å². The summed E-state index contributed by atoms with van der Waals surface area (Å²) in [5.74, 6) is 0.780. The van der Waals surface area contributed by atoms with Crippen LogP contribution < -0.4 is 4.74 Å². The van der Waals surface area contributed by atoms with Gasteiger partial charge in [0.05, 0.1) is 12.5 Å². The number of alkyl halides is 1. The first-order chi connectivity index (χ1) is 5.65. The lowest BCUT2D eigenvalue weighted by Gasteiger charge is -2.09. The summed E-state index contributed by atoms with van der Waals surface area (Å²) in [7, 11) is 1.62. The molecule has 0 spiro atoms. The molecule has 0 fully saturated rings. The van der Waals surface area contributed by atoms with E-state index in [0.717, 1.165) is 11.3 Å². The first-order valence-electron chi connectivity index (χ1n) is 3.62. The molecule has 0 saturated heterocycles. The second-order valence-electron chi connectivity index (χ2n) is 2.50. The van der Waals surface area contributed by atoms with Gasteiger partial charge in [-0.3, -0.25) is 0 Å². The number of hydrogen-bond acceptors (Lipinski definition) is 1. The quantitative estimate of drug-likeness (QED) is 0.669. The number of hydrogen-bond donors (Lipinski definition) is 0. The lowest BCUT2D eigenvalue weighted by atomic mass is 10.1. The number of halogens is 2. The lowest BCUT2D eigenvalue weighted by molar-refractivity contribution is 0.409. The fourth-order valence-corrected chi connectivity index (χ4v) is 1.37. The minimum atomic E-state index is -0.0846. The van der Waals surface area contributed by atoms with Crippen LogP contribution in [0.4, 0.5) is 0 Å². The minimum Gasteiger partial charge on any atom is -0.496 e. The van der Waals surface area contributed by atoms with E-state index in [9.17, 15) is 0 Å². The maximum Gasteiger partial charge on any atom is 0.123 e. The largest absolute Gasteiger partial charge is 0.496 e. The Balaban J connectivity index is 3.12. The van der Waals surface area contributed by atoms with Crippen LogP contribution in [-0.2, 0) is 0 Å². The zero-order valence-electron chi connectivity index (χ0n) is 6.97. The lowest BCUT2D eigenvalue weighted by Crippen LogP contribution is -1.91. The topological polar surface area (TPSA) is 9.23 Å². The van der Waals surface area contributed by atoms with E-state index in [0.29, 0.717) is 5.02 Å². The third-order valence-corrected chi connectivity index (χ3v) is 2.09. The zero-order valence-corrected chi connectivity index (χ0v) is 8.49. The van der Waals surface area contributed by atoms with Gasteiger partial charge in [-0.1, -0.05) is 11.6 Å². The molecule has 0 amide bonds. The highest BCUT2D eigenvalue weighted by Crippen LogP contribution is 2.31.